The number of aliphatic carboxylic acids is 3. The smallest absolute Gasteiger partial charge is 0.313 e. The summed E-state index contributed by atoms with van der Waals surface area (Å²) in [5.41, 5.74) is 0. The Hall–Kier alpha value is -1.24. The molecular weight excluding hydrogens is 769 g/mol. The van der Waals surface area contributed by atoms with Crippen molar-refractivity contribution in [3.63, 3.8) is 0 Å². The zero-order valence-electron chi connectivity index (χ0n) is 37.3. The Balaban J connectivity index is -0.000000767. The molecule has 0 unspecified atom stereocenters. The van der Waals surface area contributed by atoms with Gasteiger partial charge in [-0.3, -0.25) is 14.4 Å². The summed E-state index contributed by atoms with van der Waals surface area (Å²) in [5.74, 6) is 7.92. The Morgan fingerprint density at radius 3 is 0.982 bits per heavy atom. The summed E-state index contributed by atoms with van der Waals surface area (Å²) >= 11 is 4.60. The molecule has 6 nitrogen and oxygen atoms in total. The topological polar surface area (TPSA) is 112 Å². The number of hydrogen-bond donors (Lipinski definition) is 3. The highest BCUT2D eigenvalue weighted by Gasteiger charge is 1.99. The van der Waals surface area contributed by atoms with Crippen LogP contribution in [0, 0.1) is 11.8 Å². The van der Waals surface area contributed by atoms with Gasteiger partial charge in [0.2, 0.25) is 0 Å². The van der Waals surface area contributed by atoms with Gasteiger partial charge in [0.25, 0.3) is 0 Å². The second kappa shape index (κ2) is 56.9. The highest BCUT2D eigenvalue weighted by molar-refractivity contribution is 8.00. The summed E-state index contributed by atoms with van der Waals surface area (Å²) < 4.78 is 0. The fourth-order valence-corrected chi connectivity index (χ4v) is 8.14. The van der Waals surface area contributed by atoms with Gasteiger partial charge in [-0.25, -0.2) is 0 Å². The molecule has 0 aliphatic heterocycles. The molecule has 0 amide bonds. The minimum Gasteiger partial charge on any atom is -0.481 e. The molecule has 0 aromatic heterocycles. The van der Waals surface area contributed by atoms with Crippen molar-refractivity contribution in [3.8, 4) is 11.8 Å². The molecule has 0 fully saturated rings. The van der Waals surface area contributed by atoms with Crippen LogP contribution in [0.4, 0.5) is 0 Å². The Bertz CT molecular complexity index is 918. The van der Waals surface area contributed by atoms with Crippen molar-refractivity contribution < 1.29 is 29.7 Å². The molecule has 0 saturated carbocycles. The Morgan fingerprint density at radius 2 is 0.667 bits per heavy atom. The number of hydrogen-bond acceptors (Lipinski definition) is 6. The zero-order valence-corrected chi connectivity index (χ0v) is 39.8. The fourth-order valence-electron chi connectivity index (χ4n) is 5.96. The molecule has 0 heterocycles. The molecule has 3 N–H and O–H groups in total. The van der Waals surface area contributed by atoms with Crippen molar-refractivity contribution in [2.24, 2.45) is 0 Å². The lowest BCUT2D eigenvalue weighted by Crippen LogP contribution is -1.98. The van der Waals surface area contributed by atoms with Crippen LogP contribution in [0.1, 0.15) is 226 Å². The Morgan fingerprint density at radius 1 is 0.386 bits per heavy atom. The van der Waals surface area contributed by atoms with Gasteiger partial charge in [0.05, 0.1) is 17.3 Å². The van der Waals surface area contributed by atoms with Gasteiger partial charge >= 0.3 is 17.9 Å². The molecular formula is C48H90O6S3. The third-order valence-electron chi connectivity index (χ3n) is 9.26. The van der Waals surface area contributed by atoms with Gasteiger partial charge in [0.1, 0.15) is 0 Å². The van der Waals surface area contributed by atoms with Crippen molar-refractivity contribution in [1.82, 2.24) is 0 Å². The van der Waals surface area contributed by atoms with Gasteiger partial charge in [-0.05, 0) is 68.6 Å². The van der Waals surface area contributed by atoms with E-state index < -0.39 is 17.9 Å². The lowest BCUT2D eigenvalue weighted by atomic mass is 10.1. The predicted molar refractivity (Wildman–Crippen MR) is 257 cm³/mol. The van der Waals surface area contributed by atoms with Crippen LogP contribution in [0.3, 0.4) is 0 Å². The van der Waals surface area contributed by atoms with Crippen molar-refractivity contribution in [1.29, 1.82) is 0 Å². The highest BCUT2D eigenvalue weighted by atomic mass is 32.2. The van der Waals surface area contributed by atoms with Crippen LogP contribution in [0.25, 0.3) is 0 Å². The van der Waals surface area contributed by atoms with Crippen molar-refractivity contribution in [2.75, 3.05) is 34.5 Å². The molecule has 9 heteroatoms. The predicted octanol–water partition coefficient (Wildman–Crippen LogP) is 15.5. The average Bonchev–Trinajstić information content (AvgIpc) is 3.18. The summed E-state index contributed by atoms with van der Waals surface area (Å²) in [5, 5.41) is 25.4. The summed E-state index contributed by atoms with van der Waals surface area (Å²) in [7, 11) is 0. The van der Waals surface area contributed by atoms with Gasteiger partial charge < -0.3 is 15.3 Å². The van der Waals surface area contributed by atoms with Crippen LogP contribution < -0.4 is 0 Å². The quantitative estimate of drug-likeness (QED) is 0.0314. The number of rotatable bonds is 41. The lowest BCUT2D eigenvalue weighted by molar-refractivity contribution is -0.134. The van der Waals surface area contributed by atoms with Crippen LogP contribution in [0.15, 0.2) is 12.2 Å². The third kappa shape index (κ3) is 69.7. The molecule has 0 aromatic carbocycles. The Labute approximate surface area is 365 Å². The number of carbonyl (C=O) groups is 3. The number of allylic oxidation sites excluding steroid dienone is 2. The van der Waals surface area contributed by atoms with E-state index in [1.807, 2.05) is 0 Å². The average molecular weight is 859 g/mol. The van der Waals surface area contributed by atoms with E-state index in [1.54, 1.807) is 11.8 Å². The first-order valence-electron chi connectivity index (χ1n) is 23.3. The van der Waals surface area contributed by atoms with E-state index >= 15 is 0 Å². The molecule has 0 atom stereocenters. The van der Waals surface area contributed by atoms with Gasteiger partial charge in [-0.1, -0.05) is 174 Å². The van der Waals surface area contributed by atoms with E-state index in [4.69, 9.17) is 15.3 Å². The van der Waals surface area contributed by atoms with E-state index in [1.165, 1.54) is 203 Å². The number of unbranched alkanes of at least 4 members (excludes halogenated alkanes) is 27. The molecule has 57 heavy (non-hydrogen) atoms. The van der Waals surface area contributed by atoms with Crippen LogP contribution in [0.2, 0.25) is 0 Å². The lowest BCUT2D eigenvalue weighted by Gasteiger charge is -2.02. The Kier molecular flexibility index (Phi) is 59.9. The molecule has 0 aromatic rings. The van der Waals surface area contributed by atoms with Crippen LogP contribution in [-0.4, -0.2) is 67.7 Å². The summed E-state index contributed by atoms with van der Waals surface area (Å²) in [4.78, 5) is 30.9. The highest BCUT2D eigenvalue weighted by Crippen LogP contribution is 2.14. The van der Waals surface area contributed by atoms with E-state index in [0.29, 0.717) is 0 Å². The number of carboxylic acid groups (broad SMARTS) is 3. The van der Waals surface area contributed by atoms with E-state index in [2.05, 4.69) is 44.8 Å². The van der Waals surface area contributed by atoms with Crippen molar-refractivity contribution >= 4 is 53.2 Å². The summed E-state index contributed by atoms with van der Waals surface area (Å²) in [6.07, 6.45) is 46.1. The van der Waals surface area contributed by atoms with Crippen LogP contribution in [0.5, 0.6) is 0 Å². The molecule has 0 spiro atoms. The fraction of sp³-hybridized carbons (Fsp3) is 0.854. The number of carboxylic acids is 3. The molecule has 0 bridgehead atoms. The van der Waals surface area contributed by atoms with Crippen LogP contribution >= 0.6 is 35.3 Å². The maximum atomic E-state index is 10.3. The third-order valence-corrected chi connectivity index (χ3v) is 12.3. The van der Waals surface area contributed by atoms with E-state index in [-0.39, 0.29) is 17.3 Å². The molecule has 0 saturated heterocycles. The van der Waals surface area contributed by atoms with Gasteiger partial charge in [-0.2, -0.15) is 35.3 Å². The first kappa shape index (κ1) is 60.1. The van der Waals surface area contributed by atoms with Gasteiger partial charge in [0.15, 0.2) is 0 Å². The maximum absolute atomic E-state index is 10.3. The monoisotopic (exact) mass is 859 g/mol. The standard InChI is InChI=1S/C16H32O2S.C16H30O2S.C16H28O2S/c3*1-2-3-4-5-6-7-8-9-10-11-12-13-14-19-15-16(17)18/h2-15H2,1H3,(H,17,18);8-9H,2-7,10-15H2,1H3,(H,17,18);2,5-15H2,1H3,(H,17,18)/b;9-8-;. The summed E-state index contributed by atoms with van der Waals surface area (Å²) in [6.45, 7) is 6.60. The first-order chi connectivity index (χ1) is 27.8. The number of thioether (sulfide) groups is 3. The second-order valence-electron chi connectivity index (χ2n) is 15.0. The maximum Gasteiger partial charge on any atom is 0.313 e. The zero-order chi connectivity index (χ0) is 42.6. The largest absolute Gasteiger partial charge is 0.481 e. The molecule has 0 radical (unpaired) electrons. The second-order valence-corrected chi connectivity index (χ2v) is 18.4. The van der Waals surface area contributed by atoms with Crippen molar-refractivity contribution in [2.45, 2.75) is 226 Å². The van der Waals surface area contributed by atoms with E-state index in [0.717, 1.165) is 42.9 Å². The van der Waals surface area contributed by atoms with E-state index in [9.17, 15) is 14.4 Å². The first-order valence-corrected chi connectivity index (χ1v) is 26.8. The summed E-state index contributed by atoms with van der Waals surface area (Å²) in [6, 6.07) is 0. The van der Waals surface area contributed by atoms with Gasteiger partial charge in [0, 0.05) is 12.8 Å². The van der Waals surface area contributed by atoms with Crippen molar-refractivity contribution in [3.05, 3.63) is 12.2 Å². The minimum atomic E-state index is -0.702. The van der Waals surface area contributed by atoms with Crippen LogP contribution in [-0.2, 0) is 14.4 Å². The normalized spacial score (nSPS) is 10.6. The molecule has 0 rings (SSSR count). The van der Waals surface area contributed by atoms with Gasteiger partial charge in [-0.15, -0.1) is 11.8 Å². The molecule has 0 aliphatic rings. The molecule has 336 valence electrons. The SMILES string of the molecule is CCC#CCCCCCCCCCCSCC(=O)O.CCCCCCC/C=C\CCCCCSCC(=O)O.CCCCCCCCCCCCCCSCC(=O)O. The minimum absolute atomic E-state index is 0.248. The molecule has 0 aliphatic carbocycles.